The van der Waals surface area contributed by atoms with Crippen LogP contribution < -0.4 is 0 Å². The molecule has 0 radical (unpaired) electrons. The van der Waals surface area contributed by atoms with E-state index in [1.807, 2.05) is 0 Å². The fourth-order valence-corrected chi connectivity index (χ4v) is 2.43. The number of hydrogen-bond acceptors (Lipinski definition) is 7. The van der Waals surface area contributed by atoms with Crippen LogP contribution in [0.1, 0.15) is 5.56 Å². The van der Waals surface area contributed by atoms with Gasteiger partial charge in [-0.15, -0.1) is 0 Å². The number of nitrogens with zero attached hydrogens (tertiary/aromatic N) is 4. The lowest BCUT2D eigenvalue weighted by molar-refractivity contribution is -0.395. The molecule has 1 heterocycles. The van der Waals surface area contributed by atoms with Crippen molar-refractivity contribution >= 4 is 34.0 Å². The highest BCUT2D eigenvalue weighted by Crippen LogP contribution is 2.28. The Labute approximate surface area is 172 Å². The number of benzene rings is 2. The van der Waals surface area contributed by atoms with Gasteiger partial charge in [0.05, 0.1) is 31.9 Å². The predicted octanol–water partition coefficient (Wildman–Crippen LogP) is 4.39. The Morgan fingerprint density at radius 3 is 1.97 bits per heavy atom. The molecule has 31 heavy (non-hydrogen) atoms. The Hall–Kier alpha value is -4.42. The molecule has 3 rings (SSSR count). The number of rotatable bonds is 5. The zero-order valence-electron chi connectivity index (χ0n) is 16.1. The van der Waals surface area contributed by atoms with E-state index in [1.54, 1.807) is 31.3 Å². The highest BCUT2D eigenvalue weighted by Gasteiger charge is 2.23. The summed E-state index contributed by atoms with van der Waals surface area (Å²) >= 11 is 0. The molecule has 11 nitrogen and oxygen atoms in total. The summed E-state index contributed by atoms with van der Waals surface area (Å²) in [6.07, 6.45) is 4.40. The fourth-order valence-electron chi connectivity index (χ4n) is 2.43. The molecule has 0 saturated heterocycles. The van der Waals surface area contributed by atoms with E-state index in [0.717, 1.165) is 12.1 Å². The number of fused-ring (bicyclic) bond motifs is 1. The van der Waals surface area contributed by atoms with Gasteiger partial charge in [-0.25, -0.2) is 0 Å². The molecule has 0 amide bonds. The molecule has 0 fully saturated rings. The number of nitro benzene ring substituents is 3. The lowest BCUT2D eigenvalue weighted by atomic mass is 10.1. The summed E-state index contributed by atoms with van der Waals surface area (Å²) in [6, 6.07) is 5.37. The van der Waals surface area contributed by atoms with Crippen LogP contribution in [0.2, 0.25) is 0 Å². The lowest BCUT2D eigenvalue weighted by Gasteiger charge is -2.04. The van der Waals surface area contributed by atoms with Crippen molar-refractivity contribution in [2.45, 2.75) is 0 Å². The van der Waals surface area contributed by atoms with Crippen molar-refractivity contribution in [1.82, 2.24) is 9.88 Å². The Morgan fingerprint density at radius 1 is 0.871 bits per heavy atom. The zero-order chi connectivity index (χ0) is 23.3. The summed E-state index contributed by atoms with van der Waals surface area (Å²) in [6.45, 7) is 0. The van der Waals surface area contributed by atoms with Crippen molar-refractivity contribution in [3.8, 4) is 0 Å². The highest BCUT2D eigenvalue weighted by molar-refractivity contribution is 5.81. The van der Waals surface area contributed by atoms with Crippen LogP contribution in [-0.2, 0) is 0 Å². The molecule has 2 aromatic carbocycles. The van der Waals surface area contributed by atoms with Crippen LogP contribution >= 0.6 is 0 Å². The third-order valence-electron chi connectivity index (χ3n) is 3.86. The maximum absolute atomic E-state index is 13.4. The number of nitro groups is 3. The molecule has 0 spiro atoms. The van der Waals surface area contributed by atoms with Gasteiger partial charge in [0.15, 0.2) is 0 Å². The number of halogens is 2. The second-order valence-corrected chi connectivity index (χ2v) is 6.28. The minimum Gasteiger partial charge on any atom is -0.383 e. The second-order valence-electron chi connectivity index (χ2n) is 6.28. The SMILES string of the molecule is CN(C)/C=C/c1cc(F)c([N+](=O)[O-])cc1[N+](=O)[O-].O=[N+]([O-])c1cc2[nH]ccc2cc1F. The minimum atomic E-state index is -1.11. The van der Waals surface area contributed by atoms with Crippen molar-refractivity contribution in [2.75, 3.05) is 14.1 Å². The fraction of sp³-hybridized carbons (Fsp3) is 0.111. The van der Waals surface area contributed by atoms with Crippen LogP contribution in [0, 0.1) is 42.0 Å². The summed E-state index contributed by atoms with van der Waals surface area (Å²) in [7, 11) is 3.37. The van der Waals surface area contributed by atoms with Crippen LogP contribution in [0.25, 0.3) is 17.0 Å². The van der Waals surface area contributed by atoms with Gasteiger partial charge in [-0.05, 0) is 30.5 Å². The lowest BCUT2D eigenvalue weighted by Crippen LogP contribution is -2.01. The molecule has 0 aliphatic carbocycles. The number of nitrogens with one attached hydrogen (secondary N) is 1. The van der Waals surface area contributed by atoms with E-state index < -0.39 is 43.5 Å². The van der Waals surface area contributed by atoms with Gasteiger partial charge in [0.2, 0.25) is 11.6 Å². The van der Waals surface area contributed by atoms with Gasteiger partial charge in [-0.2, -0.15) is 8.78 Å². The molecule has 13 heteroatoms. The molecule has 0 aliphatic heterocycles. The third-order valence-corrected chi connectivity index (χ3v) is 3.86. The molecule has 1 aromatic heterocycles. The molecule has 0 saturated carbocycles. The molecule has 3 aromatic rings. The molecular weight excluding hydrogens is 420 g/mol. The van der Waals surface area contributed by atoms with Crippen molar-refractivity contribution < 1.29 is 23.6 Å². The number of H-pyrrole nitrogens is 1. The Bertz CT molecular complexity index is 1190. The van der Waals surface area contributed by atoms with Gasteiger partial charge >= 0.3 is 11.4 Å². The Balaban J connectivity index is 0.000000231. The molecule has 0 bridgehead atoms. The zero-order valence-corrected chi connectivity index (χ0v) is 16.1. The van der Waals surface area contributed by atoms with Crippen LogP contribution in [0.3, 0.4) is 0 Å². The summed E-state index contributed by atoms with van der Waals surface area (Å²) in [5, 5.41) is 32.2. The molecule has 0 aliphatic rings. The van der Waals surface area contributed by atoms with Crippen molar-refractivity contribution in [2.24, 2.45) is 0 Å². The smallest absolute Gasteiger partial charge is 0.311 e. The molecule has 162 valence electrons. The first-order valence-electron chi connectivity index (χ1n) is 8.39. The minimum absolute atomic E-state index is 0.0307. The van der Waals surface area contributed by atoms with Gasteiger partial charge in [0.1, 0.15) is 0 Å². The van der Waals surface area contributed by atoms with E-state index in [1.165, 1.54) is 18.3 Å². The number of aromatic amines is 1. The maximum atomic E-state index is 13.4. The van der Waals surface area contributed by atoms with E-state index in [2.05, 4.69) is 4.98 Å². The van der Waals surface area contributed by atoms with E-state index in [0.29, 0.717) is 17.0 Å². The van der Waals surface area contributed by atoms with Crippen LogP contribution in [0.15, 0.2) is 42.7 Å². The van der Waals surface area contributed by atoms with Crippen LogP contribution in [0.4, 0.5) is 25.8 Å². The first kappa shape index (κ1) is 22.9. The third kappa shape index (κ3) is 5.56. The summed E-state index contributed by atoms with van der Waals surface area (Å²) in [5.41, 5.74) is -1.40. The van der Waals surface area contributed by atoms with E-state index in [9.17, 15) is 39.1 Å². The average molecular weight is 435 g/mol. The summed E-state index contributed by atoms with van der Waals surface area (Å²) in [5.74, 6) is -1.92. The molecule has 1 N–H and O–H groups in total. The first-order chi connectivity index (χ1) is 14.5. The number of aromatic nitrogens is 1. The standard InChI is InChI=1S/C10H10FN3O4.C8H5FN2O2/c1-12(2)4-3-7-5-8(11)10(14(17)18)6-9(7)13(15)16;9-6-3-5-1-2-10-7(5)4-8(6)11(12)13/h3-6H,1-2H3;1-4,10H/b4-3+;. The molecule has 0 atom stereocenters. The van der Waals surface area contributed by atoms with Gasteiger partial charge in [-0.1, -0.05) is 0 Å². The van der Waals surface area contributed by atoms with E-state index >= 15 is 0 Å². The highest BCUT2D eigenvalue weighted by atomic mass is 19.1. The quantitative estimate of drug-likeness (QED) is 0.461. The monoisotopic (exact) mass is 435 g/mol. The van der Waals surface area contributed by atoms with Crippen molar-refractivity contribution in [3.63, 3.8) is 0 Å². The van der Waals surface area contributed by atoms with Crippen molar-refractivity contribution in [1.29, 1.82) is 0 Å². The van der Waals surface area contributed by atoms with E-state index in [4.69, 9.17) is 0 Å². The van der Waals surface area contributed by atoms with Crippen LogP contribution in [0.5, 0.6) is 0 Å². The summed E-state index contributed by atoms with van der Waals surface area (Å²) < 4.78 is 26.3. The number of hydrogen-bond donors (Lipinski definition) is 1. The van der Waals surface area contributed by atoms with E-state index in [-0.39, 0.29) is 5.56 Å². The molecule has 0 unspecified atom stereocenters. The van der Waals surface area contributed by atoms with Crippen LogP contribution in [-0.4, -0.2) is 38.7 Å². The van der Waals surface area contributed by atoms with Gasteiger partial charge < -0.3 is 9.88 Å². The van der Waals surface area contributed by atoms with Gasteiger partial charge in [0, 0.05) is 31.7 Å². The first-order valence-corrected chi connectivity index (χ1v) is 8.39. The maximum Gasteiger partial charge on any atom is 0.311 e. The Kier molecular flexibility index (Phi) is 6.92. The predicted molar refractivity (Wildman–Crippen MR) is 107 cm³/mol. The van der Waals surface area contributed by atoms with Gasteiger partial charge in [-0.3, -0.25) is 30.3 Å². The topological polar surface area (TPSA) is 148 Å². The van der Waals surface area contributed by atoms with Gasteiger partial charge in [0.25, 0.3) is 5.69 Å². The molecular formula is C18H15F2N5O6. The largest absolute Gasteiger partial charge is 0.383 e. The normalized spacial score (nSPS) is 10.6. The average Bonchev–Trinajstić information content (AvgIpc) is 3.12. The second kappa shape index (κ2) is 9.39. The summed E-state index contributed by atoms with van der Waals surface area (Å²) in [4.78, 5) is 33.4. The van der Waals surface area contributed by atoms with Crippen molar-refractivity contribution in [3.05, 3.63) is 90.3 Å². The Morgan fingerprint density at radius 2 is 1.42 bits per heavy atom.